The van der Waals surface area contributed by atoms with Crippen molar-refractivity contribution in [2.24, 2.45) is 5.73 Å². The molecular formula is C12H21N3O2S. The molecule has 0 spiro atoms. The molecule has 1 rings (SSSR count). The third-order valence-corrected chi connectivity index (χ3v) is 4.54. The van der Waals surface area contributed by atoms with Gasteiger partial charge in [-0.05, 0) is 17.7 Å². The van der Waals surface area contributed by atoms with Crippen molar-refractivity contribution >= 4 is 15.7 Å². The van der Waals surface area contributed by atoms with Crippen LogP contribution in [0.3, 0.4) is 0 Å². The van der Waals surface area contributed by atoms with E-state index >= 15 is 0 Å². The summed E-state index contributed by atoms with van der Waals surface area (Å²) in [5.74, 6) is -0.0146. The second kappa shape index (κ2) is 6.17. The molecule has 0 atom stereocenters. The van der Waals surface area contributed by atoms with E-state index in [4.69, 9.17) is 5.73 Å². The molecule has 0 heterocycles. The largest absolute Gasteiger partial charge is 0.378 e. The first-order valence-electron chi connectivity index (χ1n) is 5.77. The molecule has 0 saturated carbocycles. The fourth-order valence-electron chi connectivity index (χ4n) is 1.56. The van der Waals surface area contributed by atoms with Crippen LogP contribution in [0.2, 0.25) is 0 Å². The van der Waals surface area contributed by atoms with Crippen LogP contribution >= 0.6 is 0 Å². The lowest BCUT2D eigenvalue weighted by Gasteiger charge is -2.18. The molecular weight excluding hydrogens is 250 g/mol. The predicted octanol–water partition coefficient (Wildman–Crippen LogP) is 0.473. The van der Waals surface area contributed by atoms with Crippen LogP contribution in [-0.2, 0) is 16.6 Å². The number of hydrogen-bond acceptors (Lipinski definition) is 4. The number of nitrogens with zero attached hydrogens (tertiary/aromatic N) is 2. The maximum absolute atomic E-state index is 11.7. The van der Waals surface area contributed by atoms with Crippen molar-refractivity contribution < 1.29 is 8.42 Å². The first-order valence-corrected chi connectivity index (χ1v) is 7.38. The quantitative estimate of drug-likeness (QED) is 0.817. The van der Waals surface area contributed by atoms with E-state index in [0.717, 1.165) is 11.3 Å². The molecule has 0 fully saturated rings. The summed E-state index contributed by atoms with van der Waals surface area (Å²) >= 11 is 0. The molecule has 5 nitrogen and oxygen atoms in total. The van der Waals surface area contributed by atoms with Crippen molar-refractivity contribution in [2.75, 3.05) is 38.3 Å². The Morgan fingerprint density at radius 1 is 1.11 bits per heavy atom. The van der Waals surface area contributed by atoms with E-state index in [1.165, 1.54) is 4.31 Å². The molecule has 0 radical (unpaired) electrons. The Hall–Kier alpha value is -1.11. The molecule has 6 heteroatoms. The Labute approximate surface area is 109 Å². The summed E-state index contributed by atoms with van der Waals surface area (Å²) in [5, 5.41) is 0. The number of sulfonamides is 1. The van der Waals surface area contributed by atoms with E-state index in [0.29, 0.717) is 6.54 Å². The van der Waals surface area contributed by atoms with Gasteiger partial charge in [-0.1, -0.05) is 12.1 Å². The molecule has 0 aliphatic rings. The minimum absolute atomic E-state index is 0.0146. The van der Waals surface area contributed by atoms with Gasteiger partial charge in [-0.15, -0.1) is 0 Å². The molecule has 18 heavy (non-hydrogen) atoms. The molecule has 0 saturated heterocycles. The Kier molecular flexibility index (Phi) is 5.13. The van der Waals surface area contributed by atoms with Crippen LogP contribution in [0.15, 0.2) is 24.3 Å². The van der Waals surface area contributed by atoms with E-state index in [1.54, 1.807) is 7.05 Å². The lowest BCUT2D eigenvalue weighted by molar-refractivity contribution is 0.467. The normalized spacial score (nSPS) is 11.8. The van der Waals surface area contributed by atoms with Gasteiger partial charge < -0.3 is 10.6 Å². The van der Waals surface area contributed by atoms with Crippen LogP contribution in [-0.4, -0.2) is 46.2 Å². The highest BCUT2D eigenvalue weighted by molar-refractivity contribution is 7.89. The summed E-state index contributed by atoms with van der Waals surface area (Å²) in [6.07, 6.45) is 0. The van der Waals surface area contributed by atoms with Crippen LogP contribution in [0.1, 0.15) is 5.56 Å². The Balaban J connectivity index is 2.73. The van der Waals surface area contributed by atoms with Crippen LogP contribution < -0.4 is 10.6 Å². The topological polar surface area (TPSA) is 66.6 Å². The van der Waals surface area contributed by atoms with Crippen LogP contribution in [0.4, 0.5) is 5.69 Å². The summed E-state index contributed by atoms with van der Waals surface area (Å²) in [6, 6.07) is 7.81. The van der Waals surface area contributed by atoms with Gasteiger partial charge in [0.2, 0.25) is 10.0 Å². The van der Waals surface area contributed by atoms with Gasteiger partial charge in [-0.2, -0.15) is 0 Å². The Bertz CT molecular complexity index is 469. The number of nitrogens with two attached hydrogens (primary N) is 1. The zero-order chi connectivity index (χ0) is 13.8. The van der Waals surface area contributed by atoms with Gasteiger partial charge in [-0.3, -0.25) is 0 Å². The molecule has 2 N–H and O–H groups in total. The highest BCUT2D eigenvalue weighted by Gasteiger charge is 2.16. The Morgan fingerprint density at radius 2 is 1.67 bits per heavy atom. The average molecular weight is 271 g/mol. The van der Waals surface area contributed by atoms with Crippen molar-refractivity contribution in [1.82, 2.24) is 4.31 Å². The molecule has 0 bridgehead atoms. The number of rotatable bonds is 6. The van der Waals surface area contributed by atoms with Gasteiger partial charge in [0.05, 0.1) is 5.75 Å². The van der Waals surface area contributed by atoms with Gasteiger partial charge in [-0.25, -0.2) is 12.7 Å². The summed E-state index contributed by atoms with van der Waals surface area (Å²) in [6.45, 7) is 0.516. The second-order valence-electron chi connectivity index (χ2n) is 4.42. The second-order valence-corrected chi connectivity index (χ2v) is 6.62. The lowest BCUT2D eigenvalue weighted by Crippen LogP contribution is -2.31. The Morgan fingerprint density at radius 3 is 2.11 bits per heavy atom. The molecule has 102 valence electrons. The standard InChI is InChI=1S/C12H21N3O2S/c1-14(2)12-6-4-11(5-7-12)10-15(3)18(16,17)9-8-13/h4-7H,8-10,13H2,1-3H3. The molecule has 0 amide bonds. The van der Waals surface area contributed by atoms with E-state index in [2.05, 4.69) is 0 Å². The zero-order valence-corrected chi connectivity index (χ0v) is 11.9. The maximum Gasteiger partial charge on any atom is 0.215 e. The lowest BCUT2D eigenvalue weighted by atomic mass is 10.2. The molecule has 0 aliphatic heterocycles. The molecule has 0 aliphatic carbocycles. The first kappa shape index (κ1) is 14.9. The van der Waals surface area contributed by atoms with Crippen molar-refractivity contribution in [1.29, 1.82) is 0 Å². The van der Waals surface area contributed by atoms with E-state index in [-0.39, 0.29) is 12.3 Å². The summed E-state index contributed by atoms with van der Waals surface area (Å²) in [4.78, 5) is 2.00. The molecule has 0 aromatic heterocycles. The molecule has 0 unspecified atom stereocenters. The van der Waals surface area contributed by atoms with Gasteiger partial charge >= 0.3 is 0 Å². The minimum atomic E-state index is -3.24. The maximum atomic E-state index is 11.7. The predicted molar refractivity (Wildman–Crippen MR) is 75.1 cm³/mol. The van der Waals surface area contributed by atoms with Gasteiger partial charge in [0.1, 0.15) is 0 Å². The van der Waals surface area contributed by atoms with E-state index in [9.17, 15) is 8.42 Å². The zero-order valence-electron chi connectivity index (χ0n) is 11.1. The van der Waals surface area contributed by atoms with Crippen molar-refractivity contribution in [3.05, 3.63) is 29.8 Å². The SMILES string of the molecule is CN(C)c1ccc(CN(C)S(=O)(=O)CCN)cc1. The number of benzene rings is 1. The molecule has 1 aromatic carbocycles. The van der Waals surface area contributed by atoms with Crippen LogP contribution in [0, 0.1) is 0 Å². The highest BCUT2D eigenvalue weighted by Crippen LogP contribution is 2.14. The van der Waals surface area contributed by atoms with Crippen molar-refractivity contribution in [2.45, 2.75) is 6.54 Å². The smallest absolute Gasteiger partial charge is 0.215 e. The summed E-state index contributed by atoms with van der Waals surface area (Å²) in [5.41, 5.74) is 7.34. The van der Waals surface area contributed by atoms with Crippen molar-refractivity contribution in [3.8, 4) is 0 Å². The van der Waals surface area contributed by atoms with Crippen LogP contribution in [0.25, 0.3) is 0 Å². The van der Waals surface area contributed by atoms with Gasteiger partial charge in [0, 0.05) is 39.9 Å². The number of hydrogen-bond donors (Lipinski definition) is 1. The fraction of sp³-hybridized carbons (Fsp3) is 0.500. The number of anilines is 1. The van der Waals surface area contributed by atoms with Gasteiger partial charge in [0.15, 0.2) is 0 Å². The summed E-state index contributed by atoms with van der Waals surface area (Å²) in [7, 11) is 2.27. The third-order valence-electron chi connectivity index (χ3n) is 2.71. The highest BCUT2D eigenvalue weighted by atomic mass is 32.2. The average Bonchev–Trinajstić information content (AvgIpc) is 2.29. The summed E-state index contributed by atoms with van der Waals surface area (Å²) < 4.78 is 24.8. The third kappa shape index (κ3) is 3.97. The van der Waals surface area contributed by atoms with E-state index in [1.807, 2.05) is 43.3 Å². The fourth-order valence-corrected chi connectivity index (χ4v) is 2.52. The first-order chi connectivity index (χ1) is 8.36. The van der Waals surface area contributed by atoms with Crippen molar-refractivity contribution in [3.63, 3.8) is 0 Å². The van der Waals surface area contributed by atoms with E-state index < -0.39 is 10.0 Å². The molecule has 1 aromatic rings. The minimum Gasteiger partial charge on any atom is -0.378 e. The van der Waals surface area contributed by atoms with Crippen LogP contribution in [0.5, 0.6) is 0 Å². The monoisotopic (exact) mass is 271 g/mol. The van der Waals surface area contributed by atoms with Gasteiger partial charge in [0.25, 0.3) is 0 Å².